The van der Waals surface area contributed by atoms with E-state index >= 15 is 0 Å². The van der Waals surface area contributed by atoms with Crippen LogP contribution in [0.25, 0.3) is 11.1 Å². The Morgan fingerprint density at radius 2 is 1.66 bits per heavy atom. The average Bonchev–Trinajstić information content (AvgIpc) is 2.81. The second kappa shape index (κ2) is 14.5. The van der Waals surface area contributed by atoms with Crippen LogP contribution in [-0.2, 0) is 25.4 Å². The number of amides is 1. The van der Waals surface area contributed by atoms with Crippen molar-refractivity contribution in [3.05, 3.63) is 60.2 Å². The third-order valence-electron chi connectivity index (χ3n) is 5.22. The third kappa shape index (κ3) is 10.9. The second-order valence-electron chi connectivity index (χ2n) is 9.45. The van der Waals surface area contributed by atoms with Crippen molar-refractivity contribution in [2.24, 2.45) is 5.92 Å². The minimum atomic E-state index is -0.639. The summed E-state index contributed by atoms with van der Waals surface area (Å²) >= 11 is 0. The first-order valence-electron chi connectivity index (χ1n) is 12.2. The summed E-state index contributed by atoms with van der Waals surface area (Å²) in [6.45, 7) is 7.95. The molecule has 0 fully saturated rings. The number of ether oxygens (including phenoxy) is 3. The second-order valence-corrected chi connectivity index (χ2v) is 9.45. The van der Waals surface area contributed by atoms with E-state index in [1.54, 1.807) is 27.7 Å². The largest absolute Gasteiger partial charge is 0.466 e. The number of hydrogen-bond acceptors (Lipinski definition) is 6. The summed E-state index contributed by atoms with van der Waals surface area (Å²) in [5.41, 5.74) is 2.62. The number of nitrogens with one attached hydrogen (secondary N) is 1. The van der Waals surface area contributed by atoms with Crippen LogP contribution in [0.3, 0.4) is 0 Å². The molecule has 2 atom stereocenters. The highest BCUT2D eigenvalue weighted by molar-refractivity contribution is 5.73. The van der Waals surface area contributed by atoms with Crippen molar-refractivity contribution in [3.8, 4) is 11.1 Å². The summed E-state index contributed by atoms with van der Waals surface area (Å²) in [5.74, 6) is -0.927. The van der Waals surface area contributed by atoms with E-state index in [1.807, 2.05) is 30.3 Å². The van der Waals surface area contributed by atoms with E-state index in [4.69, 9.17) is 19.3 Å². The number of benzene rings is 2. The molecule has 0 heterocycles. The summed E-state index contributed by atoms with van der Waals surface area (Å²) in [6.07, 6.45) is 0.800. The molecule has 2 rings (SSSR count). The monoisotopic (exact) mass is 485 g/mol. The van der Waals surface area contributed by atoms with Crippen molar-refractivity contribution in [1.82, 2.24) is 5.32 Å². The van der Waals surface area contributed by atoms with Crippen LogP contribution < -0.4 is 5.32 Å². The normalized spacial score (nSPS) is 13.1. The molecule has 0 bridgehead atoms. The van der Waals surface area contributed by atoms with Crippen molar-refractivity contribution in [1.29, 1.82) is 0 Å². The smallest absolute Gasteiger partial charge is 0.407 e. The molecule has 0 aliphatic rings. The molecule has 0 spiro atoms. The zero-order chi connectivity index (χ0) is 25.7. The van der Waals surface area contributed by atoms with Crippen molar-refractivity contribution in [2.45, 2.75) is 58.6 Å². The van der Waals surface area contributed by atoms with E-state index in [1.165, 1.54) is 0 Å². The Balaban J connectivity index is 2.17. The van der Waals surface area contributed by atoms with E-state index in [0.29, 0.717) is 25.9 Å². The lowest BCUT2D eigenvalue weighted by atomic mass is 9.94. The lowest BCUT2D eigenvalue weighted by Gasteiger charge is -2.26. The summed E-state index contributed by atoms with van der Waals surface area (Å²) < 4.78 is 16.3. The molecule has 2 aromatic carbocycles. The van der Waals surface area contributed by atoms with Gasteiger partial charge in [-0.25, -0.2) is 4.79 Å². The highest BCUT2D eigenvalue weighted by Gasteiger charge is 2.27. The lowest BCUT2D eigenvalue weighted by Crippen LogP contribution is -2.42. The molecular formula is C28H39NO6. The lowest BCUT2D eigenvalue weighted by molar-refractivity contribution is -0.150. The Bertz CT molecular complexity index is 892. The van der Waals surface area contributed by atoms with Gasteiger partial charge in [-0.3, -0.25) is 4.79 Å². The van der Waals surface area contributed by atoms with Gasteiger partial charge in [0.05, 0.1) is 19.1 Å². The van der Waals surface area contributed by atoms with Gasteiger partial charge < -0.3 is 24.6 Å². The van der Waals surface area contributed by atoms with Gasteiger partial charge in [0.15, 0.2) is 0 Å². The predicted octanol–water partition coefficient (Wildman–Crippen LogP) is 4.76. The first-order valence-corrected chi connectivity index (χ1v) is 12.2. The van der Waals surface area contributed by atoms with E-state index in [0.717, 1.165) is 16.7 Å². The Kier molecular flexibility index (Phi) is 11.7. The van der Waals surface area contributed by atoms with Crippen LogP contribution in [0, 0.1) is 5.92 Å². The van der Waals surface area contributed by atoms with E-state index in [-0.39, 0.29) is 31.8 Å². The predicted molar refractivity (Wildman–Crippen MR) is 136 cm³/mol. The summed E-state index contributed by atoms with van der Waals surface area (Å²) in [4.78, 5) is 25.2. The van der Waals surface area contributed by atoms with Gasteiger partial charge >= 0.3 is 12.1 Å². The van der Waals surface area contributed by atoms with Crippen molar-refractivity contribution in [2.75, 3.05) is 26.4 Å². The van der Waals surface area contributed by atoms with Gasteiger partial charge in [0.1, 0.15) is 5.60 Å². The van der Waals surface area contributed by atoms with E-state index in [9.17, 15) is 9.59 Å². The Morgan fingerprint density at radius 1 is 1.00 bits per heavy atom. The zero-order valence-electron chi connectivity index (χ0n) is 21.3. The fourth-order valence-corrected chi connectivity index (χ4v) is 3.64. The van der Waals surface area contributed by atoms with Crippen LogP contribution in [0.2, 0.25) is 0 Å². The quantitative estimate of drug-likeness (QED) is 0.314. The molecule has 0 aliphatic carbocycles. The SMILES string of the molecule is CCOC(=O)C(COCCCO)C[C@@H](Cc1ccc(-c2ccccc2)cc1)NC(=O)OC(C)(C)C. The van der Waals surface area contributed by atoms with Gasteiger partial charge in [0.25, 0.3) is 0 Å². The fourth-order valence-electron chi connectivity index (χ4n) is 3.64. The maximum Gasteiger partial charge on any atom is 0.407 e. The van der Waals surface area contributed by atoms with Crippen LogP contribution >= 0.6 is 0 Å². The molecule has 2 aromatic rings. The van der Waals surface area contributed by atoms with Gasteiger partial charge in [-0.1, -0.05) is 54.6 Å². The number of esters is 1. The minimum Gasteiger partial charge on any atom is -0.466 e. The van der Waals surface area contributed by atoms with Crippen LogP contribution in [0.15, 0.2) is 54.6 Å². The fraction of sp³-hybridized carbons (Fsp3) is 0.500. The van der Waals surface area contributed by atoms with Gasteiger partial charge in [-0.2, -0.15) is 0 Å². The summed E-state index contributed by atoms with van der Waals surface area (Å²) in [7, 11) is 0. The number of carbonyl (C=O) groups excluding carboxylic acids is 2. The number of aliphatic hydroxyl groups excluding tert-OH is 1. The molecule has 7 nitrogen and oxygen atoms in total. The molecule has 7 heteroatoms. The molecule has 0 saturated carbocycles. The number of aliphatic hydroxyl groups is 1. The molecule has 0 radical (unpaired) electrons. The van der Waals surface area contributed by atoms with Crippen molar-refractivity contribution in [3.63, 3.8) is 0 Å². The Labute approximate surface area is 208 Å². The summed E-state index contributed by atoms with van der Waals surface area (Å²) in [6, 6.07) is 17.9. The molecule has 0 aliphatic heterocycles. The Hall–Kier alpha value is -2.90. The van der Waals surface area contributed by atoms with E-state index < -0.39 is 17.6 Å². The molecule has 192 valence electrons. The number of hydrogen-bond donors (Lipinski definition) is 2. The third-order valence-corrected chi connectivity index (χ3v) is 5.22. The number of rotatable bonds is 13. The van der Waals surface area contributed by atoms with Gasteiger partial charge in [0.2, 0.25) is 0 Å². The van der Waals surface area contributed by atoms with Crippen molar-refractivity contribution >= 4 is 12.1 Å². The number of carbonyl (C=O) groups is 2. The molecule has 35 heavy (non-hydrogen) atoms. The summed E-state index contributed by atoms with van der Waals surface area (Å²) in [5, 5.41) is 11.9. The first-order chi connectivity index (χ1) is 16.7. The first kappa shape index (κ1) is 28.3. The van der Waals surface area contributed by atoms with Crippen LogP contribution in [0.1, 0.15) is 46.1 Å². The molecule has 2 N–H and O–H groups in total. The van der Waals surface area contributed by atoms with Gasteiger partial charge in [-0.05, 0) is 63.6 Å². The van der Waals surface area contributed by atoms with Crippen LogP contribution in [0.5, 0.6) is 0 Å². The average molecular weight is 486 g/mol. The molecule has 0 aromatic heterocycles. The number of alkyl carbamates (subject to hydrolysis) is 1. The van der Waals surface area contributed by atoms with Crippen LogP contribution in [0.4, 0.5) is 4.79 Å². The highest BCUT2D eigenvalue weighted by Crippen LogP contribution is 2.21. The highest BCUT2D eigenvalue weighted by atomic mass is 16.6. The topological polar surface area (TPSA) is 94.1 Å². The van der Waals surface area contributed by atoms with Crippen LogP contribution in [-0.4, -0.2) is 55.2 Å². The van der Waals surface area contributed by atoms with E-state index in [2.05, 4.69) is 29.6 Å². The zero-order valence-corrected chi connectivity index (χ0v) is 21.3. The Morgan fingerprint density at radius 3 is 2.26 bits per heavy atom. The maximum atomic E-state index is 12.6. The van der Waals surface area contributed by atoms with Gasteiger partial charge in [-0.15, -0.1) is 0 Å². The minimum absolute atomic E-state index is 0.0197. The maximum absolute atomic E-state index is 12.6. The molecule has 1 unspecified atom stereocenters. The van der Waals surface area contributed by atoms with Crippen molar-refractivity contribution < 1.29 is 28.9 Å². The molecule has 1 amide bonds. The van der Waals surface area contributed by atoms with Gasteiger partial charge in [0, 0.05) is 19.3 Å². The molecular weight excluding hydrogens is 446 g/mol. The molecule has 0 saturated heterocycles. The standard InChI is InChI=1S/C28H39NO6/c1-5-34-26(31)24(20-33-17-9-16-30)19-25(29-27(32)35-28(2,3)4)18-21-12-14-23(15-13-21)22-10-7-6-8-11-22/h6-8,10-15,24-25,30H,5,9,16-20H2,1-4H3,(H,29,32)/t24?,25-/m1/s1.